The number of benzene rings is 1. The first-order valence-corrected chi connectivity index (χ1v) is 5.96. The number of hydrogen-bond acceptors (Lipinski definition) is 3. The molecule has 3 heteroatoms. The van der Waals surface area contributed by atoms with Gasteiger partial charge in [0.1, 0.15) is 0 Å². The summed E-state index contributed by atoms with van der Waals surface area (Å²) in [6, 6.07) is 6.30. The lowest BCUT2D eigenvalue weighted by molar-refractivity contribution is 0.170. The van der Waals surface area contributed by atoms with E-state index >= 15 is 0 Å². The van der Waals surface area contributed by atoms with E-state index in [0.717, 1.165) is 25.2 Å². The molecule has 0 bridgehead atoms. The Morgan fingerprint density at radius 2 is 2.12 bits per heavy atom. The average molecular weight is 220 g/mol. The van der Waals surface area contributed by atoms with Crippen molar-refractivity contribution in [2.75, 3.05) is 13.1 Å². The molecule has 1 aromatic rings. The Kier molecular flexibility index (Phi) is 3.59. The number of hydrogen-bond donors (Lipinski definition) is 2. The van der Waals surface area contributed by atoms with Gasteiger partial charge in [-0.3, -0.25) is 4.90 Å². The molecule has 1 unspecified atom stereocenters. The highest BCUT2D eigenvalue weighted by atomic mass is 16.3. The van der Waals surface area contributed by atoms with Crippen LogP contribution in [0.25, 0.3) is 0 Å². The van der Waals surface area contributed by atoms with Crippen molar-refractivity contribution in [1.29, 1.82) is 0 Å². The summed E-state index contributed by atoms with van der Waals surface area (Å²) in [5.41, 5.74) is 9.21. The van der Waals surface area contributed by atoms with Crippen LogP contribution in [0, 0.1) is 0 Å². The van der Waals surface area contributed by atoms with Gasteiger partial charge in [-0.05, 0) is 36.2 Å². The third-order valence-corrected chi connectivity index (χ3v) is 3.29. The zero-order chi connectivity index (χ0) is 11.5. The highest BCUT2D eigenvalue weighted by Gasteiger charge is 2.18. The van der Waals surface area contributed by atoms with Crippen molar-refractivity contribution in [1.82, 2.24) is 4.90 Å². The zero-order valence-corrected chi connectivity index (χ0v) is 9.82. The summed E-state index contributed by atoms with van der Waals surface area (Å²) in [6.07, 6.45) is 0.224. The molecule has 0 radical (unpaired) electrons. The lowest BCUT2D eigenvalue weighted by atomic mass is 10.0. The van der Waals surface area contributed by atoms with Gasteiger partial charge in [-0.2, -0.15) is 0 Å². The van der Waals surface area contributed by atoms with E-state index in [4.69, 9.17) is 5.73 Å². The van der Waals surface area contributed by atoms with E-state index in [1.54, 1.807) is 0 Å². The minimum absolute atomic E-state index is 0.411. The topological polar surface area (TPSA) is 49.5 Å². The quantitative estimate of drug-likeness (QED) is 0.806. The van der Waals surface area contributed by atoms with E-state index < -0.39 is 6.10 Å². The summed E-state index contributed by atoms with van der Waals surface area (Å²) in [5, 5.41) is 9.88. The number of aliphatic hydroxyl groups excluding tert-OH is 1. The molecule has 0 saturated heterocycles. The van der Waals surface area contributed by atoms with Crippen molar-refractivity contribution < 1.29 is 5.11 Å². The standard InChI is InChI=1S/C13H20N2O/c1-2-15-8-11-4-3-10(7-12(11)9-15)13(16)5-6-14/h3-4,7,13,16H,2,5-6,8-9,14H2,1H3. The van der Waals surface area contributed by atoms with E-state index in [1.807, 2.05) is 6.07 Å². The molecule has 2 rings (SSSR count). The summed E-state index contributed by atoms with van der Waals surface area (Å²) in [4.78, 5) is 2.39. The van der Waals surface area contributed by atoms with Crippen LogP contribution in [0.3, 0.4) is 0 Å². The van der Waals surface area contributed by atoms with Gasteiger partial charge >= 0.3 is 0 Å². The lowest BCUT2D eigenvalue weighted by Crippen LogP contribution is -2.14. The Bertz CT molecular complexity index is 365. The van der Waals surface area contributed by atoms with Crippen LogP contribution in [0.1, 0.15) is 36.1 Å². The van der Waals surface area contributed by atoms with Crippen molar-refractivity contribution in [2.24, 2.45) is 5.73 Å². The van der Waals surface area contributed by atoms with Crippen molar-refractivity contribution in [3.63, 3.8) is 0 Å². The van der Waals surface area contributed by atoms with Crippen LogP contribution >= 0.6 is 0 Å². The largest absolute Gasteiger partial charge is 0.388 e. The van der Waals surface area contributed by atoms with Crippen LogP contribution in [-0.4, -0.2) is 23.1 Å². The maximum atomic E-state index is 9.88. The Morgan fingerprint density at radius 1 is 1.38 bits per heavy atom. The number of fused-ring (bicyclic) bond motifs is 1. The summed E-state index contributed by atoms with van der Waals surface area (Å²) < 4.78 is 0. The second-order valence-electron chi connectivity index (χ2n) is 4.42. The predicted molar refractivity (Wildman–Crippen MR) is 64.9 cm³/mol. The fraction of sp³-hybridized carbons (Fsp3) is 0.538. The summed E-state index contributed by atoms with van der Waals surface area (Å²) >= 11 is 0. The molecule has 0 amide bonds. The lowest BCUT2D eigenvalue weighted by Gasteiger charge is -2.11. The third kappa shape index (κ3) is 2.26. The van der Waals surface area contributed by atoms with E-state index in [0.29, 0.717) is 13.0 Å². The number of nitrogens with two attached hydrogens (primary N) is 1. The van der Waals surface area contributed by atoms with Gasteiger partial charge < -0.3 is 10.8 Å². The van der Waals surface area contributed by atoms with Gasteiger partial charge in [-0.15, -0.1) is 0 Å². The molecule has 1 atom stereocenters. The summed E-state index contributed by atoms with van der Waals surface area (Å²) in [6.45, 7) is 5.83. The Labute approximate surface area is 96.9 Å². The molecule has 1 aromatic carbocycles. The Balaban J connectivity index is 2.15. The van der Waals surface area contributed by atoms with Crippen LogP contribution in [0.4, 0.5) is 0 Å². The number of nitrogens with zero attached hydrogens (tertiary/aromatic N) is 1. The van der Waals surface area contributed by atoms with Gasteiger partial charge in [0.05, 0.1) is 6.10 Å². The van der Waals surface area contributed by atoms with Gasteiger partial charge in [-0.1, -0.05) is 25.1 Å². The monoisotopic (exact) mass is 220 g/mol. The molecule has 0 aliphatic carbocycles. The fourth-order valence-electron chi connectivity index (χ4n) is 2.24. The van der Waals surface area contributed by atoms with E-state index in [-0.39, 0.29) is 0 Å². The van der Waals surface area contributed by atoms with E-state index in [2.05, 4.69) is 24.0 Å². The normalized spacial score (nSPS) is 17.4. The van der Waals surface area contributed by atoms with Gasteiger partial charge in [0.2, 0.25) is 0 Å². The van der Waals surface area contributed by atoms with Crippen LogP contribution in [-0.2, 0) is 13.1 Å². The van der Waals surface area contributed by atoms with Crippen LogP contribution in [0.2, 0.25) is 0 Å². The smallest absolute Gasteiger partial charge is 0.0802 e. The van der Waals surface area contributed by atoms with Crippen molar-refractivity contribution >= 4 is 0 Å². The molecule has 3 nitrogen and oxygen atoms in total. The summed E-state index contributed by atoms with van der Waals surface area (Å²) in [7, 11) is 0. The second-order valence-corrected chi connectivity index (χ2v) is 4.42. The molecular formula is C13H20N2O. The third-order valence-electron chi connectivity index (χ3n) is 3.29. The number of aliphatic hydroxyl groups is 1. The van der Waals surface area contributed by atoms with Crippen LogP contribution < -0.4 is 5.73 Å². The predicted octanol–water partition coefficient (Wildman–Crippen LogP) is 1.40. The van der Waals surface area contributed by atoms with Crippen molar-refractivity contribution in [3.8, 4) is 0 Å². The first kappa shape index (κ1) is 11.6. The Morgan fingerprint density at radius 3 is 2.81 bits per heavy atom. The molecular weight excluding hydrogens is 200 g/mol. The molecule has 0 spiro atoms. The minimum Gasteiger partial charge on any atom is -0.388 e. The van der Waals surface area contributed by atoms with Crippen molar-refractivity contribution in [2.45, 2.75) is 32.5 Å². The number of rotatable bonds is 4. The van der Waals surface area contributed by atoms with E-state index in [9.17, 15) is 5.11 Å². The van der Waals surface area contributed by atoms with Gasteiger partial charge in [0, 0.05) is 13.1 Å². The SMILES string of the molecule is CCN1Cc2ccc(C(O)CCN)cc2C1. The van der Waals surface area contributed by atoms with Crippen LogP contribution in [0.5, 0.6) is 0 Å². The van der Waals surface area contributed by atoms with Gasteiger partial charge in [0.25, 0.3) is 0 Å². The molecule has 1 heterocycles. The highest BCUT2D eigenvalue weighted by Crippen LogP contribution is 2.26. The molecule has 88 valence electrons. The first-order valence-electron chi connectivity index (χ1n) is 5.96. The Hall–Kier alpha value is -0.900. The fourth-order valence-corrected chi connectivity index (χ4v) is 2.24. The second kappa shape index (κ2) is 4.95. The molecule has 0 saturated carbocycles. The molecule has 3 N–H and O–H groups in total. The van der Waals surface area contributed by atoms with Crippen molar-refractivity contribution in [3.05, 3.63) is 34.9 Å². The highest BCUT2D eigenvalue weighted by molar-refractivity contribution is 5.35. The minimum atomic E-state index is -0.411. The van der Waals surface area contributed by atoms with E-state index in [1.165, 1.54) is 11.1 Å². The maximum absolute atomic E-state index is 9.88. The van der Waals surface area contributed by atoms with Gasteiger partial charge in [0.15, 0.2) is 0 Å². The molecule has 1 aliphatic heterocycles. The summed E-state index contributed by atoms with van der Waals surface area (Å²) in [5.74, 6) is 0. The van der Waals surface area contributed by atoms with Crippen LogP contribution in [0.15, 0.2) is 18.2 Å². The average Bonchev–Trinajstić information content (AvgIpc) is 2.70. The molecule has 0 aromatic heterocycles. The zero-order valence-electron chi connectivity index (χ0n) is 9.82. The molecule has 0 fully saturated rings. The molecule has 16 heavy (non-hydrogen) atoms. The maximum Gasteiger partial charge on any atom is 0.0802 e. The first-order chi connectivity index (χ1) is 7.74. The molecule has 1 aliphatic rings. The van der Waals surface area contributed by atoms with Gasteiger partial charge in [-0.25, -0.2) is 0 Å².